The normalized spacial score (nSPS) is 9.94. The fourth-order valence-electron chi connectivity index (χ4n) is 1.40. The third kappa shape index (κ3) is 2.01. The third-order valence-corrected chi connectivity index (χ3v) is 2.88. The van der Waals surface area contributed by atoms with Crippen LogP contribution in [0.15, 0.2) is 11.0 Å². The molecule has 0 atom stereocenters. The van der Waals surface area contributed by atoms with Gasteiger partial charge in [0.05, 0.1) is 30.4 Å². The number of hydrogen-bond donors (Lipinski definition) is 2. The number of nitrogen functional groups attached to an aromatic ring is 1. The van der Waals surface area contributed by atoms with Gasteiger partial charge in [-0.2, -0.15) is 0 Å². The van der Waals surface area contributed by atoms with E-state index in [0.717, 1.165) is 0 Å². The van der Waals surface area contributed by atoms with Gasteiger partial charge in [0.25, 0.3) is 0 Å². The largest absolute Gasteiger partial charge is 0.492 e. The van der Waals surface area contributed by atoms with Crippen molar-refractivity contribution in [1.29, 1.82) is 0 Å². The molecule has 0 saturated heterocycles. The standard InChI is InChI=1S/C10H13NO4S/c1-14-7-6(11)4-5(10(12)13)9(16-3)8(7)15-2/h4H,11H2,1-3H3,(H,12,13). The monoisotopic (exact) mass is 243 g/mol. The Morgan fingerprint density at radius 2 is 1.94 bits per heavy atom. The van der Waals surface area contributed by atoms with Crippen molar-refractivity contribution >= 4 is 23.4 Å². The second-order valence-corrected chi connectivity index (χ2v) is 3.73. The van der Waals surface area contributed by atoms with Gasteiger partial charge in [-0.3, -0.25) is 0 Å². The Kier molecular flexibility index (Phi) is 3.89. The first-order valence-electron chi connectivity index (χ1n) is 4.38. The molecule has 0 bridgehead atoms. The molecule has 1 aromatic carbocycles. The summed E-state index contributed by atoms with van der Waals surface area (Å²) < 4.78 is 10.2. The molecule has 0 unspecified atom stereocenters. The van der Waals surface area contributed by atoms with Crippen LogP contribution in [-0.4, -0.2) is 31.6 Å². The minimum atomic E-state index is -1.04. The molecule has 0 radical (unpaired) electrons. The average molecular weight is 243 g/mol. The van der Waals surface area contributed by atoms with Crippen LogP contribution >= 0.6 is 11.8 Å². The van der Waals surface area contributed by atoms with Gasteiger partial charge in [0, 0.05) is 0 Å². The van der Waals surface area contributed by atoms with E-state index in [4.69, 9.17) is 20.3 Å². The van der Waals surface area contributed by atoms with Crippen LogP contribution in [0.25, 0.3) is 0 Å². The molecule has 1 rings (SSSR count). The van der Waals surface area contributed by atoms with Gasteiger partial charge in [-0.15, -0.1) is 11.8 Å². The summed E-state index contributed by atoms with van der Waals surface area (Å²) in [5, 5.41) is 9.04. The van der Waals surface area contributed by atoms with Crippen molar-refractivity contribution in [3.63, 3.8) is 0 Å². The highest BCUT2D eigenvalue weighted by Crippen LogP contribution is 2.43. The lowest BCUT2D eigenvalue weighted by Gasteiger charge is -2.15. The second kappa shape index (κ2) is 4.98. The number of carboxylic acid groups (broad SMARTS) is 1. The number of carbonyl (C=O) groups is 1. The zero-order valence-corrected chi connectivity index (χ0v) is 10.1. The summed E-state index contributed by atoms with van der Waals surface area (Å²) in [7, 11) is 2.90. The van der Waals surface area contributed by atoms with Crippen LogP contribution in [0.3, 0.4) is 0 Å². The topological polar surface area (TPSA) is 81.8 Å². The van der Waals surface area contributed by atoms with Gasteiger partial charge in [0.15, 0.2) is 11.5 Å². The Morgan fingerprint density at radius 1 is 1.38 bits per heavy atom. The maximum Gasteiger partial charge on any atom is 0.337 e. The molecule has 6 heteroatoms. The molecule has 0 aliphatic carbocycles. The van der Waals surface area contributed by atoms with Crippen LogP contribution in [0.2, 0.25) is 0 Å². The lowest BCUT2D eigenvalue weighted by atomic mass is 10.1. The first-order valence-corrected chi connectivity index (χ1v) is 5.61. The van der Waals surface area contributed by atoms with E-state index in [-0.39, 0.29) is 11.3 Å². The number of carboxylic acids is 1. The Labute approximate surface area is 97.5 Å². The Balaban J connectivity index is 3.56. The molecule has 0 aliphatic rings. The number of nitrogens with two attached hydrogens (primary N) is 1. The summed E-state index contributed by atoms with van der Waals surface area (Å²) in [5.41, 5.74) is 6.05. The molecule has 5 nitrogen and oxygen atoms in total. The van der Waals surface area contributed by atoms with Crippen LogP contribution < -0.4 is 15.2 Å². The van der Waals surface area contributed by atoms with Crippen LogP contribution in [0.5, 0.6) is 11.5 Å². The van der Waals surface area contributed by atoms with Crippen molar-refractivity contribution < 1.29 is 19.4 Å². The quantitative estimate of drug-likeness (QED) is 0.618. The van der Waals surface area contributed by atoms with Gasteiger partial charge in [-0.1, -0.05) is 0 Å². The first kappa shape index (κ1) is 12.5. The smallest absolute Gasteiger partial charge is 0.337 e. The van der Waals surface area contributed by atoms with E-state index in [0.29, 0.717) is 16.4 Å². The minimum Gasteiger partial charge on any atom is -0.492 e. The molecule has 0 heterocycles. The van der Waals surface area contributed by atoms with E-state index in [2.05, 4.69) is 0 Å². The van der Waals surface area contributed by atoms with E-state index < -0.39 is 5.97 Å². The fraction of sp³-hybridized carbons (Fsp3) is 0.300. The number of ether oxygens (including phenoxy) is 2. The predicted molar refractivity (Wildman–Crippen MR) is 62.7 cm³/mol. The van der Waals surface area contributed by atoms with Crippen molar-refractivity contribution in [1.82, 2.24) is 0 Å². The lowest BCUT2D eigenvalue weighted by Crippen LogP contribution is -2.05. The van der Waals surface area contributed by atoms with Crippen LogP contribution in [0.1, 0.15) is 10.4 Å². The number of methoxy groups -OCH3 is 2. The van der Waals surface area contributed by atoms with E-state index in [1.165, 1.54) is 32.0 Å². The first-order chi connectivity index (χ1) is 7.56. The van der Waals surface area contributed by atoms with Crippen LogP contribution in [0, 0.1) is 0 Å². The minimum absolute atomic E-state index is 0.114. The third-order valence-electron chi connectivity index (χ3n) is 2.06. The van der Waals surface area contributed by atoms with Crippen molar-refractivity contribution in [3.05, 3.63) is 11.6 Å². The SMILES string of the molecule is COc1c(N)cc(C(=O)O)c(SC)c1OC. The number of anilines is 1. The van der Waals surface area contributed by atoms with Crippen LogP contribution in [-0.2, 0) is 0 Å². The molecule has 0 aliphatic heterocycles. The lowest BCUT2D eigenvalue weighted by molar-refractivity contribution is 0.0692. The summed E-state index contributed by atoms with van der Waals surface area (Å²) in [6.45, 7) is 0. The summed E-state index contributed by atoms with van der Waals surface area (Å²) in [5.74, 6) is -0.332. The number of benzene rings is 1. The Hall–Kier alpha value is -1.56. The maximum absolute atomic E-state index is 11.0. The zero-order chi connectivity index (χ0) is 12.3. The van der Waals surface area contributed by atoms with E-state index in [1.54, 1.807) is 6.26 Å². The zero-order valence-electron chi connectivity index (χ0n) is 9.23. The number of thioether (sulfide) groups is 1. The van der Waals surface area contributed by atoms with Gasteiger partial charge in [-0.05, 0) is 12.3 Å². The maximum atomic E-state index is 11.0. The van der Waals surface area contributed by atoms with Crippen LogP contribution in [0.4, 0.5) is 5.69 Å². The van der Waals surface area contributed by atoms with Gasteiger partial charge in [0.1, 0.15) is 0 Å². The van der Waals surface area contributed by atoms with Gasteiger partial charge >= 0.3 is 5.97 Å². The predicted octanol–water partition coefficient (Wildman–Crippen LogP) is 1.71. The average Bonchev–Trinajstić information content (AvgIpc) is 2.27. The van der Waals surface area contributed by atoms with Crippen molar-refractivity contribution in [2.24, 2.45) is 0 Å². The molecule has 16 heavy (non-hydrogen) atoms. The summed E-state index contributed by atoms with van der Waals surface area (Å²) in [6.07, 6.45) is 1.76. The van der Waals surface area contributed by atoms with Gasteiger partial charge in [-0.25, -0.2) is 4.79 Å². The van der Waals surface area contributed by atoms with Gasteiger partial charge < -0.3 is 20.3 Å². The van der Waals surface area contributed by atoms with Gasteiger partial charge in [0.2, 0.25) is 0 Å². The summed E-state index contributed by atoms with van der Waals surface area (Å²) >= 11 is 1.27. The Bertz CT molecular complexity index is 420. The van der Waals surface area contributed by atoms with E-state index in [9.17, 15) is 4.79 Å². The highest BCUT2D eigenvalue weighted by molar-refractivity contribution is 7.98. The molecule has 88 valence electrons. The van der Waals surface area contributed by atoms with E-state index >= 15 is 0 Å². The van der Waals surface area contributed by atoms with Crippen molar-refractivity contribution in [2.45, 2.75) is 4.90 Å². The summed E-state index contributed by atoms with van der Waals surface area (Å²) in [6, 6.07) is 1.37. The number of hydrogen-bond acceptors (Lipinski definition) is 5. The summed E-state index contributed by atoms with van der Waals surface area (Å²) in [4.78, 5) is 11.5. The molecule has 1 aromatic rings. The van der Waals surface area contributed by atoms with Crippen molar-refractivity contribution in [3.8, 4) is 11.5 Å². The molecule has 0 aromatic heterocycles. The van der Waals surface area contributed by atoms with E-state index in [1.807, 2.05) is 0 Å². The fourth-order valence-corrected chi connectivity index (χ4v) is 2.13. The molecule has 0 saturated carbocycles. The molecule has 0 fully saturated rings. The highest BCUT2D eigenvalue weighted by atomic mass is 32.2. The highest BCUT2D eigenvalue weighted by Gasteiger charge is 2.21. The molecule has 0 spiro atoms. The second-order valence-electron chi connectivity index (χ2n) is 2.92. The number of rotatable bonds is 4. The molecule has 3 N–H and O–H groups in total. The Morgan fingerprint density at radius 3 is 2.31 bits per heavy atom. The molecule has 0 amide bonds. The molecular formula is C10H13NO4S. The molecular weight excluding hydrogens is 230 g/mol. The van der Waals surface area contributed by atoms with Crippen molar-refractivity contribution in [2.75, 3.05) is 26.2 Å². The number of aromatic carboxylic acids is 1.